The van der Waals surface area contributed by atoms with E-state index in [-0.39, 0.29) is 0 Å². The van der Waals surface area contributed by atoms with Gasteiger partial charge in [0.05, 0.1) is 0 Å². The van der Waals surface area contributed by atoms with Crippen LogP contribution < -0.4 is 5.73 Å². The monoisotopic (exact) mass is 286 g/mol. The molecule has 1 aromatic rings. The van der Waals surface area contributed by atoms with Crippen molar-refractivity contribution in [3.63, 3.8) is 0 Å². The highest BCUT2D eigenvalue weighted by Crippen LogP contribution is 2.27. The maximum Gasteiger partial charge on any atom is 0.00390 e. The van der Waals surface area contributed by atoms with Crippen molar-refractivity contribution >= 4 is 0 Å². The van der Waals surface area contributed by atoms with Crippen LogP contribution in [0, 0.1) is 11.8 Å². The predicted molar refractivity (Wildman–Crippen MR) is 89.2 cm³/mol. The number of rotatable bonds is 4. The summed E-state index contributed by atoms with van der Waals surface area (Å²) in [4.78, 5) is 2.71. The molecule has 0 amide bonds. The van der Waals surface area contributed by atoms with Gasteiger partial charge in [-0.2, -0.15) is 0 Å². The molecule has 2 nitrogen and oxygen atoms in total. The number of nitrogens with two attached hydrogens (primary N) is 1. The van der Waals surface area contributed by atoms with Crippen LogP contribution in [0.25, 0.3) is 0 Å². The quantitative estimate of drug-likeness (QED) is 0.918. The van der Waals surface area contributed by atoms with Crippen LogP contribution in [-0.2, 0) is 6.42 Å². The van der Waals surface area contributed by atoms with Gasteiger partial charge < -0.3 is 10.6 Å². The van der Waals surface area contributed by atoms with Crippen molar-refractivity contribution in [1.29, 1.82) is 0 Å². The van der Waals surface area contributed by atoms with Gasteiger partial charge in [0.1, 0.15) is 0 Å². The van der Waals surface area contributed by atoms with Crippen molar-refractivity contribution in [3.8, 4) is 0 Å². The van der Waals surface area contributed by atoms with Gasteiger partial charge in [-0.25, -0.2) is 0 Å². The zero-order chi connectivity index (χ0) is 14.5. The van der Waals surface area contributed by atoms with Crippen molar-refractivity contribution in [1.82, 2.24) is 4.90 Å². The zero-order valence-electron chi connectivity index (χ0n) is 13.2. The average Bonchev–Trinajstić information content (AvgIpc) is 2.53. The molecule has 1 aliphatic carbocycles. The molecule has 0 bridgehead atoms. The van der Waals surface area contributed by atoms with E-state index in [2.05, 4.69) is 35.2 Å². The molecule has 0 unspecified atom stereocenters. The van der Waals surface area contributed by atoms with Crippen LogP contribution in [0.5, 0.6) is 0 Å². The first-order valence-corrected chi connectivity index (χ1v) is 8.81. The molecule has 1 aliphatic heterocycles. The lowest BCUT2D eigenvalue weighted by molar-refractivity contribution is 0.143. The van der Waals surface area contributed by atoms with Gasteiger partial charge in [0, 0.05) is 12.6 Å². The van der Waals surface area contributed by atoms with E-state index in [1.54, 1.807) is 0 Å². The Hall–Kier alpha value is -0.860. The van der Waals surface area contributed by atoms with E-state index in [4.69, 9.17) is 5.73 Å². The highest BCUT2D eigenvalue weighted by molar-refractivity contribution is 5.15. The third-order valence-electron chi connectivity index (χ3n) is 5.48. The van der Waals surface area contributed by atoms with Gasteiger partial charge in [0.25, 0.3) is 0 Å². The number of hydrogen-bond donors (Lipinski definition) is 1. The largest absolute Gasteiger partial charge is 0.328 e. The highest BCUT2D eigenvalue weighted by Gasteiger charge is 2.24. The molecule has 2 fully saturated rings. The summed E-state index contributed by atoms with van der Waals surface area (Å²) in [6.07, 6.45) is 9.22. The minimum absolute atomic E-state index is 0.484. The minimum atomic E-state index is 0.484. The molecule has 2 heteroatoms. The lowest BCUT2D eigenvalue weighted by Gasteiger charge is -2.36. The first-order valence-electron chi connectivity index (χ1n) is 8.81. The summed E-state index contributed by atoms with van der Waals surface area (Å²) in [6, 6.07) is 11.5. The van der Waals surface area contributed by atoms with Crippen molar-refractivity contribution in [2.45, 2.75) is 51.0 Å². The third kappa shape index (κ3) is 4.55. The predicted octanol–water partition coefficient (Wildman–Crippen LogP) is 3.46. The Balaban J connectivity index is 1.39. The van der Waals surface area contributed by atoms with Crippen LogP contribution in [0.15, 0.2) is 30.3 Å². The summed E-state index contributed by atoms with van der Waals surface area (Å²) < 4.78 is 0. The highest BCUT2D eigenvalue weighted by atomic mass is 15.1. The van der Waals surface area contributed by atoms with E-state index < -0.39 is 0 Å². The lowest BCUT2D eigenvalue weighted by atomic mass is 9.85. The van der Waals surface area contributed by atoms with Crippen LogP contribution in [0.2, 0.25) is 0 Å². The number of piperidine rings is 1. The maximum atomic E-state index is 6.01. The Kier molecular flexibility index (Phi) is 5.32. The van der Waals surface area contributed by atoms with Crippen molar-refractivity contribution < 1.29 is 0 Å². The molecule has 21 heavy (non-hydrogen) atoms. The summed E-state index contributed by atoms with van der Waals surface area (Å²) >= 11 is 0. The van der Waals surface area contributed by atoms with E-state index >= 15 is 0 Å². The molecule has 2 N–H and O–H groups in total. The van der Waals surface area contributed by atoms with Gasteiger partial charge in [-0.1, -0.05) is 30.3 Å². The van der Waals surface area contributed by atoms with Crippen LogP contribution >= 0.6 is 0 Å². The normalized spacial score (nSPS) is 28.6. The smallest absolute Gasteiger partial charge is 0.00390 e. The summed E-state index contributed by atoms with van der Waals surface area (Å²) in [6.45, 7) is 3.94. The second-order valence-corrected chi connectivity index (χ2v) is 7.21. The molecule has 1 heterocycles. The van der Waals surface area contributed by atoms with E-state index in [0.29, 0.717) is 6.04 Å². The fourth-order valence-corrected chi connectivity index (χ4v) is 4.06. The van der Waals surface area contributed by atoms with Gasteiger partial charge in [-0.3, -0.25) is 0 Å². The van der Waals surface area contributed by atoms with Crippen LogP contribution in [0.4, 0.5) is 0 Å². The van der Waals surface area contributed by atoms with E-state index in [9.17, 15) is 0 Å². The fourth-order valence-electron chi connectivity index (χ4n) is 4.06. The molecule has 0 atom stereocenters. The van der Waals surface area contributed by atoms with Crippen LogP contribution in [0.3, 0.4) is 0 Å². The summed E-state index contributed by atoms with van der Waals surface area (Å²) in [5.74, 6) is 1.80. The van der Waals surface area contributed by atoms with Crippen LogP contribution in [-0.4, -0.2) is 30.6 Å². The van der Waals surface area contributed by atoms with Gasteiger partial charge in [0.15, 0.2) is 0 Å². The maximum absolute atomic E-state index is 6.01. The van der Waals surface area contributed by atoms with E-state index in [0.717, 1.165) is 11.8 Å². The second-order valence-electron chi connectivity index (χ2n) is 7.21. The number of hydrogen-bond acceptors (Lipinski definition) is 2. The number of nitrogens with zero attached hydrogens (tertiary/aromatic N) is 1. The van der Waals surface area contributed by atoms with Gasteiger partial charge in [0.2, 0.25) is 0 Å². The molecular weight excluding hydrogens is 256 g/mol. The second kappa shape index (κ2) is 7.42. The number of benzene rings is 1. The summed E-state index contributed by atoms with van der Waals surface area (Å²) in [7, 11) is 0. The Morgan fingerprint density at radius 1 is 0.857 bits per heavy atom. The fraction of sp³-hybridized carbons (Fsp3) is 0.684. The molecule has 0 spiro atoms. The SMILES string of the molecule is NC1CCC(CN2CCC(Cc3ccccc3)CC2)CC1. The minimum Gasteiger partial charge on any atom is -0.328 e. The molecule has 1 aromatic carbocycles. The van der Waals surface area contributed by atoms with Gasteiger partial charge >= 0.3 is 0 Å². The zero-order valence-corrected chi connectivity index (χ0v) is 13.2. The van der Waals surface area contributed by atoms with Crippen molar-refractivity contribution in [3.05, 3.63) is 35.9 Å². The molecule has 3 rings (SSSR count). The van der Waals surface area contributed by atoms with E-state index in [1.165, 1.54) is 70.1 Å². The molecule has 0 aromatic heterocycles. The first kappa shape index (κ1) is 15.1. The van der Waals surface area contributed by atoms with Crippen LogP contribution in [0.1, 0.15) is 44.1 Å². The summed E-state index contributed by atoms with van der Waals surface area (Å²) in [5, 5.41) is 0. The first-order chi connectivity index (χ1) is 10.3. The standard InChI is InChI=1S/C19H30N2/c20-19-8-6-18(7-9-19)15-21-12-10-17(11-13-21)14-16-4-2-1-3-5-16/h1-5,17-19H,6-15,20H2. The summed E-state index contributed by atoms with van der Waals surface area (Å²) in [5.41, 5.74) is 7.52. The number of likely N-dealkylation sites (tertiary alicyclic amines) is 1. The van der Waals surface area contributed by atoms with Crippen molar-refractivity contribution in [2.75, 3.05) is 19.6 Å². The Morgan fingerprint density at radius 2 is 1.52 bits per heavy atom. The molecule has 116 valence electrons. The van der Waals surface area contributed by atoms with Gasteiger partial charge in [-0.15, -0.1) is 0 Å². The third-order valence-corrected chi connectivity index (χ3v) is 5.48. The Labute approximate surface area is 129 Å². The Morgan fingerprint density at radius 3 is 2.19 bits per heavy atom. The molecule has 1 saturated carbocycles. The topological polar surface area (TPSA) is 29.3 Å². The lowest BCUT2D eigenvalue weighted by Crippen LogP contribution is -2.39. The molecular formula is C19H30N2. The molecule has 2 aliphatic rings. The van der Waals surface area contributed by atoms with Gasteiger partial charge in [-0.05, 0) is 75.4 Å². The Bertz CT molecular complexity index is 401. The molecule has 0 radical (unpaired) electrons. The average molecular weight is 286 g/mol. The van der Waals surface area contributed by atoms with Crippen molar-refractivity contribution in [2.24, 2.45) is 17.6 Å². The molecule has 1 saturated heterocycles. The van der Waals surface area contributed by atoms with E-state index in [1.807, 2.05) is 0 Å².